The minimum Gasteiger partial charge on any atom is -0.359 e. The van der Waals surface area contributed by atoms with Crippen LogP contribution in [0.15, 0.2) is 65.7 Å². The Morgan fingerprint density at radius 1 is 0.867 bits per heavy atom. The number of ketones is 1. The van der Waals surface area contributed by atoms with Crippen molar-refractivity contribution < 1.29 is 31.1 Å². The zero-order valence-electron chi connectivity index (χ0n) is 15.0. The summed E-state index contributed by atoms with van der Waals surface area (Å²) in [5.41, 5.74) is -2.37. The van der Waals surface area contributed by atoms with E-state index in [0.29, 0.717) is 11.6 Å². The lowest BCUT2D eigenvalue weighted by Crippen LogP contribution is -2.32. The average Bonchev–Trinajstić information content (AvgIpc) is 2.71. The van der Waals surface area contributed by atoms with Crippen molar-refractivity contribution >= 4 is 28.0 Å². The summed E-state index contributed by atoms with van der Waals surface area (Å²) >= 11 is 0. The molecule has 1 unspecified atom stereocenters. The minimum absolute atomic E-state index is 0.0273. The van der Waals surface area contributed by atoms with E-state index in [9.17, 15) is 31.1 Å². The molecule has 1 aliphatic heterocycles. The van der Waals surface area contributed by atoms with E-state index < -0.39 is 41.1 Å². The summed E-state index contributed by atoms with van der Waals surface area (Å²) in [6.07, 6.45) is -11.3. The second-order valence-electron chi connectivity index (χ2n) is 6.65. The molecule has 0 saturated heterocycles. The van der Waals surface area contributed by atoms with Gasteiger partial charge in [-0.3, -0.25) is 9.79 Å². The number of halogens is 6. The summed E-state index contributed by atoms with van der Waals surface area (Å²) in [4.78, 5) is 15.7. The second kappa shape index (κ2) is 6.86. The fourth-order valence-corrected chi connectivity index (χ4v) is 3.44. The molecule has 1 heterocycles. The molecule has 0 fully saturated rings. The van der Waals surface area contributed by atoms with Gasteiger partial charge in [0.05, 0.1) is 5.69 Å². The molecule has 3 aromatic carbocycles. The van der Waals surface area contributed by atoms with Crippen LogP contribution in [0, 0.1) is 0 Å². The summed E-state index contributed by atoms with van der Waals surface area (Å²) in [6, 6.07) is 14.3. The van der Waals surface area contributed by atoms with Crippen LogP contribution >= 0.6 is 0 Å². The van der Waals surface area contributed by atoms with Gasteiger partial charge in [-0.05, 0) is 17.0 Å². The van der Waals surface area contributed by atoms with E-state index in [2.05, 4.69) is 10.3 Å². The molecule has 9 heteroatoms. The zero-order valence-corrected chi connectivity index (χ0v) is 15.0. The van der Waals surface area contributed by atoms with Gasteiger partial charge in [0, 0.05) is 16.5 Å². The van der Waals surface area contributed by atoms with Crippen LogP contribution in [0.1, 0.15) is 27.7 Å². The maximum Gasteiger partial charge on any atom is 0.454 e. The van der Waals surface area contributed by atoms with Gasteiger partial charge in [-0.25, -0.2) is 0 Å². The number of carbonyl (C=O) groups excluding carboxylic acids is 1. The Morgan fingerprint density at radius 2 is 1.47 bits per heavy atom. The van der Waals surface area contributed by atoms with Crippen molar-refractivity contribution in [1.29, 1.82) is 0 Å². The van der Waals surface area contributed by atoms with Gasteiger partial charge >= 0.3 is 12.4 Å². The van der Waals surface area contributed by atoms with Crippen LogP contribution in [0.3, 0.4) is 0 Å². The van der Waals surface area contributed by atoms with E-state index in [4.69, 9.17) is 0 Å². The van der Waals surface area contributed by atoms with Gasteiger partial charge in [0.25, 0.3) is 5.78 Å². The van der Waals surface area contributed by atoms with Gasteiger partial charge in [-0.2, -0.15) is 26.3 Å². The van der Waals surface area contributed by atoms with Crippen LogP contribution in [-0.2, 0) is 0 Å². The second-order valence-corrected chi connectivity index (χ2v) is 6.65. The number of carbonyl (C=O) groups is 1. The maximum atomic E-state index is 13.8. The molecule has 3 aromatic rings. The van der Waals surface area contributed by atoms with Crippen molar-refractivity contribution in [2.24, 2.45) is 4.99 Å². The lowest BCUT2D eigenvalue weighted by molar-refractivity contribution is -0.0884. The number of hydrogen-bond donors (Lipinski definition) is 1. The Kier molecular flexibility index (Phi) is 4.56. The molecule has 0 bridgehead atoms. The van der Waals surface area contributed by atoms with Gasteiger partial charge in [-0.15, -0.1) is 0 Å². The molecule has 0 aliphatic carbocycles. The largest absolute Gasteiger partial charge is 0.454 e. The van der Waals surface area contributed by atoms with Crippen LogP contribution in [0.4, 0.5) is 32.0 Å². The summed E-state index contributed by atoms with van der Waals surface area (Å²) in [6.45, 7) is 0. The molecule has 4 rings (SSSR count). The zero-order chi connectivity index (χ0) is 21.7. The number of aliphatic imine (C=N–C) groups is 1. The summed E-state index contributed by atoms with van der Waals surface area (Å²) < 4.78 is 80.7. The highest BCUT2D eigenvalue weighted by atomic mass is 19.4. The van der Waals surface area contributed by atoms with Crippen LogP contribution in [0.25, 0.3) is 10.8 Å². The molecule has 0 saturated carbocycles. The van der Waals surface area contributed by atoms with Gasteiger partial charge in [0.15, 0.2) is 5.71 Å². The number of hydrogen-bond acceptors (Lipinski definition) is 3. The van der Waals surface area contributed by atoms with Crippen LogP contribution in [0.2, 0.25) is 0 Å². The van der Waals surface area contributed by atoms with E-state index in [1.165, 1.54) is 24.3 Å². The van der Waals surface area contributed by atoms with Crippen LogP contribution in [-0.4, -0.2) is 23.8 Å². The monoisotopic (exact) mass is 422 g/mol. The van der Waals surface area contributed by atoms with E-state index >= 15 is 0 Å². The normalized spacial score (nSPS) is 16.6. The highest BCUT2D eigenvalue weighted by Crippen LogP contribution is 2.42. The number of rotatable bonds is 2. The highest BCUT2D eigenvalue weighted by Gasteiger charge is 2.44. The molecule has 0 aromatic heterocycles. The summed E-state index contributed by atoms with van der Waals surface area (Å²) in [5, 5.41) is 2.86. The number of nitrogens with zero attached hydrogens (tertiary/aromatic N) is 1. The predicted octanol–water partition coefficient (Wildman–Crippen LogP) is 6.06. The van der Waals surface area contributed by atoms with Gasteiger partial charge < -0.3 is 5.32 Å². The molecular formula is C21H12F6N2O. The molecule has 0 spiro atoms. The van der Waals surface area contributed by atoms with Crippen molar-refractivity contribution in [3.05, 3.63) is 77.4 Å². The van der Waals surface area contributed by atoms with Crippen LogP contribution in [0.5, 0.6) is 0 Å². The molecule has 154 valence electrons. The minimum atomic E-state index is -5.23. The number of benzene rings is 3. The Bertz CT molecular complexity index is 1170. The topological polar surface area (TPSA) is 41.5 Å². The third-order valence-corrected chi connectivity index (χ3v) is 4.72. The molecule has 30 heavy (non-hydrogen) atoms. The van der Waals surface area contributed by atoms with E-state index in [-0.39, 0.29) is 16.5 Å². The SMILES string of the molecule is O=C(c1cc2c(c3ccccc13)NC(c1ccccc1)N=C2C(F)(F)F)C(F)(F)F. The molecule has 1 atom stereocenters. The van der Waals surface area contributed by atoms with Gasteiger partial charge in [0.1, 0.15) is 6.17 Å². The molecule has 0 amide bonds. The lowest BCUT2D eigenvalue weighted by atomic mass is 9.92. The molecule has 0 radical (unpaired) electrons. The third-order valence-electron chi connectivity index (χ3n) is 4.72. The highest BCUT2D eigenvalue weighted by molar-refractivity contribution is 6.21. The molecule has 1 aliphatic rings. The van der Waals surface area contributed by atoms with Crippen molar-refractivity contribution in [3.8, 4) is 0 Å². The Hall–Kier alpha value is -3.36. The lowest BCUT2D eigenvalue weighted by Gasteiger charge is -2.29. The fraction of sp³-hybridized carbons (Fsp3) is 0.143. The van der Waals surface area contributed by atoms with Gasteiger partial charge in [0.2, 0.25) is 0 Å². The first-order chi connectivity index (χ1) is 14.1. The number of anilines is 1. The third kappa shape index (κ3) is 3.40. The summed E-state index contributed by atoms with van der Waals surface area (Å²) in [5.74, 6) is -2.21. The average molecular weight is 422 g/mol. The Labute approximate surface area is 166 Å². The quantitative estimate of drug-likeness (QED) is 0.403. The fourth-order valence-electron chi connectivity index (χ4n) is 3.44. The standard InChI is InChI=1S/C21H12F6N2O/c22-20(23,24)17-15-10-14(18(30)21(25,26)27)12-8-4-5-9-13(12)16(15)28-19(29-17)11-6-2-1-3-7-11/h1-10,19,28H. The molecule has 3 nitrogen and oxygen atoms in total. The molecular weight excluding hydrogens is 410 g/mol. The maximum absolute atomic E-state index is 13.8. The van der Waals surface area contributed by atoms with E-state index in [1.54, 1.807) is 30.3 Å². The van der Waals surface area contributed by atoms with Crippen molar-refractivity contribution in [3.63, 3.8) is 0 Å². The first kappa shape index (κ1) is 19.9. The predicted molar refractivity (Wildman–Crippen MR) is 99.7 cm³/mol. The van der Waals surface area contributed by atoms with E-state index in [1.807, 2.05) is 0 Å². The van der Waals surface area contributed by atoms with Crippen molar-refractivity contribution in [1.82, 2.24) is 0 Å². The van der Waals surface area contributed by atoms with Crippen LogP contribution < -0.4 is 5.32 Å². The number of fused-ring (bicyclic) bond motifs is 3. The van der Waals surface area contributed by atoms with Crippen molar-refractivity contribution in [2.45, 2.75) is 18.5 Å². The Balaban J connectivity index is 2.02. The smallest absolute Gasteiger partial charge is 0.359 e. The van der Waals surface area contributed by atoms with E-state index in [0.717, 1.165) is 0 Å². The number of alkyl halides is 6. The van der Waals surface area contributed by atoms with Gasteiger partial charge in [-0.1, -0.05) is 54.6 Å². The summed E-state index contributed by atoms with van der Waals surface area (Å²) in [7, 11) is 0. The first-order valence-electron chi connectivity index (χ1n) is 8.71. The van der Waals surface area contributed by atoms with Crippen molar-refractivity contribution in [2.75, 3.05) is 5.32 Å². The molecule has 1 N–H and O–H groups in total. The number of Topliss-reactive ketones (excluding diaryl/α,β-unsaturated/α-hetero) is 1. The first-order valence-corrected chi connectivity index (χ1v) is 8.71. The number of nitrogens with one attached hydrogen (secondary N) is 1. The Morgan fingerprint density at radius 3 is 2.07 bits per heavy atom.